The number of Topliss-reactive ketones (excluding diaryl/α,β-unsaturated/α-hetero) is 1. The smallest absolute Gasteiger partial charge is 0.326 e. The van der Waals surface area contributed by atoms with Crippen molar-refractivity contribution in [2.75, 3.05) is 13.2 Å². The van der Waals surface area contributed by atoms with Crippen LogP contribution in [-0.2, 0) is 20.7 Å². The second-order valence-electron chi connectivity index (χ2n) is 7.90. The standard InChI is InChI=1S/C24H24N2O5/c1-3-24(4-2)22(29)26(23(30)25-24)13-21(28)31-14-20(27)17-10-9-16-11-15-7-5-6-8-18(15)19(16)12-17/h5-10,12H,3-4,11,13-14H2,1-2H3,(H,25,30). The molecule has 1 aliphatic heterocycles. The van der Waals surface area contributed by atoms with Gasteiger partial charge in [-0.1, -0.05) is 50.2 Å². The molecule has 160 valence electrons. The third-order valence-electron chi connectivity index (χ3n) is 6.22. The Labute approximate surface area is 180 Å². The summed E-state index contributed by atoms with van der Waals surface area (Å²) < 4.78 is 5.08. The molecule has 0 atom stereocenters. The molecule has 7 heteroatoms. The summed E-state index contributed by atoms with van der Waals surface area (Å²) in [5.74, 6) is -1.58. The number of amides is 3. The summed E-state index contributed by atoms with van der Waals surface area (Å²) in [6.45, 7) is 2.64. The number of rotatable bonds is 7. The molecule has 1 fully saturated rings. The Morgan fingerprint density at radius 1 is 1.03 bits per heavy atom. The molecule has 7 nitrogen and oxygen atoms in total. The van der Waals surface area contributed by atoms with Gasteiger partial charge in [-0.3, -0.25) is 19.3 Å². The molecule has 0 unspecified atom stereocenters. The number of fused-ring (bicyclic) bond motifs is 3. The van der Waals surface area contributed by atoms with Crippen LogP contribution >= 0.6 is 0 Å². The first-order valence-electron chi connectivity index (χ1n) is 10.4. The SMILES string of the molecule is CCC1(CC)NC(=O)N(CC(=O)OCC(=O)c2ccc3c(c2)-c2ccccc2C3)C1=O. The number of urea groups is 1. The zero-order valence-electron chi connectivity index (χ0n) is 17.6. The summed E-state index contributed by atoms with van der Waals surface area (Å²) in [4.78, 5) is 50.4. The fourth-order valence-electron chi connectivity index (χ4n) is 4.25. The van der Waals surface area contributed by atoms with Gasteiger partial charge in [0.1, 0.15) is 12.1 Å². The molecule has 1 heterocycles. The lowest BCUT2D eigenvalue weighted by molar-refractivity contribution is -0.146. The Balaban J connectivity index is 1.39. The topological polar surface area (TPSA) is 92.8 Å². The van der Waals surface area contributed by atoms with E-state index in [1.807, 2.05) is 30.3 Å². The van der Waals surface area contributed by atoms with Gasteiger partial charge in [-0.15, -0.1) is 0 Å². The average molecular weight is 420 g/mol. The van der Waals surface area contributed by atoms with Crippen LogP contribution in [0.4, 0.5) is 4.79 Å². The van der Waals surface area contributed by atoms with Crippen LogP contribution in [0.15, 0.2) is 42.5 Å². The Hall–Kier alpha value is -3.48. The highest BCUT2D eigenvalue weighted by Gasteiger charge is 2.49. The lowest BCUT2D eigenvalue weighted by atomic mass is 9.93. The largest absolute Gasteiger partial charge is 0.456 e. The lowest BCUT2D eigenvalue weighted by Crippen LogP contribution is -2.46. The van der Waals surface area contributed by atoms with Gasteiger partial charge in [0, 0.05) is 5.56 Å². The predicted molar refractivity (Wildman–Crippen MR) is 114 cm³/mol. The first-order valence-corrected chi connectivity index (χ1v) is 10.4. The van der Waals surface area contributed by atoms with E-state index in [2.05, 4.69) is 11.4 Å². The normalized spacial score (nSPS) is 16.0. The molecule has 0 radical (unpaired) electrons. The third-order valence-corrected chi connectivity index (χ3v) is 6.22. The highest BCUT2D eigenvalue weighted by molar-refractivity contribution is 6.08. The highest BCUT2D eigenvalue weighted by Crippen LogP contribution is 2.36. The molecule has 2 aromatic rings. The van der Waals surface area contributed by atoms with Gasteiger partial charge in [0.25, 0.3) is 5.91 Å². The molecule has 4 rings (SSSR count). The van der Waals surface area contributed by atoms with E-state index in [-0.39, 0.29) is 5.78 Å². The fourth-order valence-corrected chi connectivity index (χ4v) is 4.25. The fraction of sp³-hybridized carbons (Fsp3) is 0.333. The van der Waals surface area contributed by atoms with Gasteiger partial charge < -0.3 is 10.1 Å². The molecule has 2 aliphatic rings. The van der Waals surface area contributed by atoms with Crippen LogP contribution in [0.2, 0.25) is 0 Å². The van der Waals surface area contributed by atoms with E-state index in [1.165, 1.54) is 5.56 Å². The summed E-state index contributed by atoms with van der Waals surface area (Å²) in [6.07, 6.45) is 1.69. The van der Waals surface area contributed by atoms with Crippen LogP contribution in [0, 0.1) is 0 Å². The van der Waals surface area contributed by atoms with Crippen molar-refractivity contribution in [2.24, 2.45) is 0 Å². The molecule has 0 spiro atoms. The number of nitrogens with zero attached hydrogens (tertiary/aromatic N) is 1. The number of hydrogen-bond donors (Lipinski definition) is 1. The zero-order chi connectivity index (χ0) is 22.2. The van der Waals surface area contributed by atoms with E-state index in [9.17, 15) is 19.2 Å². The van der Waals surface area contributed by atoms with Crippen molar-refractivity contribution < 1.29 is 23.9 Å². The van der Waals surface area contributed by atoms with Gasteiger partial charge >= 0.3 is 12.0 Å². The number of ketones is 1. The monoisotopic (exact) mass is 420 g/mol. The molecule has 0 bridgehead atoms. The summed E-state index contributed by atoms with van der Waals surface area (Å²) in [5.41, 5.74) is 3.98. The first-order chi connectivity index (χ1) is 14.9. The molecule has 1 N–H and O–H groups in total. The molecular formula is C24H24N2O5. The van der Waals surface area contributed by atoms with E-state index < -0.39 is 36.6 Å². The van der Waals surface area contributed by atoms with Crippen molar-refractivity contribution in [1.82, 2.24) is 10.2 Å². The van der Waals surface area contributed by atoms with Gasteiger partial charge in [-0.05, 0) is 47.6 Å². The summed E-state index contributed by atoms with van der Waals surface area (Å²) in [5, 5.41) is 2.66. The van der Waals surface area contributed by atoms with Gasteiger partial charge in [0.15, 0.2) is 12.4 Å². The quantitative estimate of drug-likeness (QED) is 0.360. The van der Waals surface area contributed by atoms with Crippen molar-refractivity contribution in [3.05, 3.63) is 59.2 Å². The van der Waals surface area contributed by atoms with E-state index in [0.717, 1.165) is 28.0 Å². The van der Waals surface area contributed by atoms with Gasteiger partial charge in [-0.2, -0.15) is 0 Å². The maximum absolute atomic E-state index is 12.6. The molecule has 1 aliphatic carbocycles. The zero-order valence-corrected chi connectivity index (χ0v) is 17.6. The van der Waals surface area contributed by atoms with Crippen molar-refractivity contribution in [3.8, 4) is 11.1 Å². The van der Waals surface area contributed by atoms with Crippen LogP contribution in [-0.4, -0.2) is 47.3 Å². The maximum atomic E-state index is 12.6. The van der Waals surface area contributed by atoms with Gasteiger partial charge in [0.05, 0.1) is 0 Å². The first kappa shape index (κ1) is 20.8. The van der Waals surface area contributed by atoms with Gasteiger partial charge in [0.2, 0.25) is 0 Å². The lowest BCUT2D eigenvalue weighted by Gasteiger charge is -2.22. The minimum atomic E-state index is -0.978. The van der Waals surface area contributed by atoms with E-state index >= 15 is 0 Å². The second-order valence-corrected chi connectivity index (χ2v) is 7.90. The predicted octanol–water partition coefficient (Wildman–Crippen LogP) is 3.09. The summed E-state index contributed by atoms with van der Waals surface area (Å²) in [7, 11) is 0. The van der Waals surface area contributed by atoms with Crippen molar-refractivity contribution >= 4 is 23.7 Å². The number of carbonyl (C=O) groups is 4. The molecular weight excluding hydrogens is 396 g/mol. The number of imide groups is 1. The molecule has 2 aromatic carbocycles. The minimum absolute atomic E-state index is 0.339. The van der Waals surface area contributed by atoms with E-state index in [4.69, 9.17) is 4.74 Å². The van der Waals surface area contributed by atoms with Crippen molar-refractivity contribution in [2.45, 2.75) is 38.6 Å². The highest BCUT2D eigenvalue weighted by atomic mass is 16.5. The molecule has 31 heavy (non-hydrogen) atoms. The molecule has 1 saturated heterocycles. The third kappa shape index (κ3) is 3.60. The molecule has 3 amide bonds. The van der Waals surface area contributed by atoms with Crippen molar-refractivity contribution in [3.63, 3.8) is 0 Å². The minimum Gasteiger partial charge on any atom is -0.456 e. The number of ether oxygens (including phenoxy) is 1. The van der Waals surface area contributed by atoms with Crippen LogP contribution in [0.5, 0.6) is 0 Å². The van der Waals surface area contributed by atoms with E-state index in [1.54, 1.807) is 19.9 Å². The number of esters is 1. The second kappa shape index (κ2) is 7.98. The van der Waals surface area contributed by atoms with Crippen molar-refractivity contribution in [1.29, 1.82) is 0 Å². The van der Waals surface area contributed by atoms with Crippen LogP contribution in [0.1, 0.15) is 48.2 Å². The maximum Gasteiger partial charge on any atom is 0.326 e. The van der Waals surface area contributed by atoms with Crippen LogP contribution < -0.4 is 5.32 Å². The van der Waals surface area contributed by atoms with Crippen LogP contribution in [0.3, 0.4) is 0 Å². The number of benzene rings is 2. The molecule has 0 saturated carbocycles. The summed E-state index contributed by atoms with van der Waals surface area (Å²) in [6, 6.07) is 12.9. The van der Waals surface area contributed by atoms with E-state index in [0.29, 0.717) is 18.4 Å². The average Bonchev–Trinajstić information content (AvgIpc) is 3.27. The Bertz CT molecular complexity index is 1090. The molecule has 0 aromatic heterocycles. The number of hydrogen-bond acceptors (Lipinski definition) is 5. The Morgan fingerprint density at radius 3 is 2.45 bits per heavy atom. The Kier molecular flexibility index (Phi) is 5.35. The Morgan fingerprint density at radius 2 is 1.74 bits per heavy atom. The van der Waals surface area contributed by atoms with Gasteiger partial charge in [-0.25, -0.2) is 4.79 Å². The number of nitrogens with one attached hydrogen (secondary N) is 1. The summed E-state index contributed by atoms with van der Waals surface area (Å²) >= 11 is 0. The van der Waals surface area contributed by atoms with Crippen LogP contribution in [0.25, 0.3) is 11.1 Å². The number of carbonyl (C=O) groups excluding carboxylic acids is 4.